The molecule has 12 rings (SSSR count). The standard InChI is InChI=1S/C29H34BFN4O6.C27H29BFN3O6/c1-39-29(37)21-17-35(18-6-7-18)23-15-24(22(31)14-20(23)28(21)36)34-11-9-33(10-12-34)8-3-13-40-25-5-2-4-19-26(16-32)41-30(38)27(19)25;29-21-13-19-22(32(18-5-6-18)15-20(26(19)33)27(34)35)14-23(21)31-10-8-30(9-11-31)7-2-12-37-24-4-1-3-17-16-38-28(36)25(17)24/h2,4-5,14-15,17-18,26,38H,3,6-13,16,32H2,1H3;1,3-4,13-15,18,36H,2,5-12,16H2,(H,34,35). The summed E-state index contributed by atoms with van der Waals surface area (Å²) < 4.78 is 61.8. The molecule has 6 heterocycles. The van der Waals surface area contributed by atoms with Crippen LogP contribution in [-0.2, 0) is 20.7 Å². The van der Waals surface area contributed by atoms with Crippen molar-refractivity contribution in [2.45, 2.75) is 63.3 Å². The third-order valence-corrected chi connectivity index (χ3v) is 15.9. The molecule has 414 valence electrons. The van der Waals surface area contributed by atoms with Crippen molar-refractivity contribution in [2.24, 2.45) is 5.73 Å². The molecule has 19 nitrogen and oxygen atoms in total. The largest absolute Gasteiger partial charge is 0.495 e. The maximum absolute atomic E-state index is 15.4. The van der Waals surface area contributed by atoms with Crippen LogP contribution in [0.4, 0.5) is 20.2 Å². The number of aromatic nitrogens is 2. The molecule has 0 radical (unpaired) electrons. The minimum Gasteiger partial charge on any atom is -0.494 e. The number of piperazine rings is 2. The minimum absolute atomic E-state index is 0.0717. The van der Waals surface area contributed by atoms with Crippen LogP contribution >= 0.6 is 0 Å². The number of pyridine rings is 2. The van der Waals surface area contributed by atoms with Crippen LogP contribution in [-0.4, -0.2) is 153 Å². The Hall–Kier alpha value is -6.85. The first-order chi connectivity index (χ1) is 38.3. The van der Waals surface area contributed by atoms with E-state index in [4.69, 9.17) is 29.3 Å². The lowest BCUT2D eigenvalue weighted by Crippen LogP contribution is -2.47. The highest BCUT2D eigenvalue weighted by molar-refractivity contribution is 6.63. The van der Waals surface area contributed by atoms with E-state index in [9.17, 15) is 34.3 Å². The first-order valence-corrected chi connectivity index (χ1v) is 27.2. The van der Waals surface area contributed by atoms with Crippen molar-refractivity contribution in [2.75, 3.05) is 102 Å². The van der Waals surface area contributed by atoms with Crippen molar-refractivity contribution in [3.05, 3.63) is 127 Å². The normalized spacial score (nSPS) is 18.4. The molecule has 23 heteroatoms. The molecule has 0 spiro atoms. The van der Waals surface area contributed by atoms with Gasteiger partial charge in [-0.3, -0.25) is 19.4 Å². The number of methoxy groups -OCH3 is 1. The highest BCUT2D eigenvalue weighted by Gasteiger charge is 2.38. The molecule has 4 aromatic carbocycles. The lowest BCUT2D eigenvalue weighted by atomic mass is 9.78. The van der Waals surface area contributed by atoms with Gasteiger partial charge >= 0.3 is 26.2 Å². The topological polar surface area (TPSA) is 224 Å². The first kappa shape index (κ1) is 54.1. The minimum atomic E-state index is -1.29. The molecule has 0 amide bonds. The zero-order chi connectivity index (χ0) is 55.1. The predicted octanol–water partition coefficient (Wildman–Crippen LogP) is 3.55. The van der Waals surface area contributed by atoms with Crippen LogP contribution in [0, 0.1) is 11.6 Å². The number of carboxylic acid groups (broad SMARTS) is 1. The van der Waals surface area contributed by atoms with Crippen LogP contribution in [0.5, 0.6) is 11.5 Å². The summed E-state index contributed by atoms with van der Waals surface area (Å²) in [4.78, 5) is 58.1. The number of nitrogens with zero attached hydrogens (tertiary/aromatic N) is 6. The van der Waals surface area contributed by atoms with E-state index in [-0.39, 0.29) is 40.1 Å². The van der Waals surface area contributed by atoms with Crippen LogP contribution in [0.1, 0.15) is 88.6 Å². The molecule has 1 unspecified atom stereocenters. The number of ether oxygens (including phenoxy) is 3. The van der Waals surface area contributed by atoms with E-state index in [2.05, 4.69) is 9.80 Å². The van der Waals surface area contributed by atoms with E-state index in [1.807, 2.05) is 55.3 Å². The number of rotatable bonds is 17. The predicted molar refractivity (Wildman–Crippen MR) is 294 cm³/mol. The number of hydrogen-bond acceptors (Lipinski definition) is 16. The summed E-state index contributed by atoms with van der Waals surface area (Å²) in [6, 6.07) is 17.5. The first-order valence-electron chi connectivity index (χ1n) is 27.2. The Balaban J connectivity index is 0.000000168. The Bertz CT molecular complexity index is 3420. The number of halogens is 2. The molecule has 5 N–H and O–H groups in total. The smallest absolute Gasteiger partial charge is 0.494 e. The molecule has 2 aromatic heterocycles. The summed E-state index contributed by atoms with van der Waals surface area (Å²) in [6.07, 6.45) is 7.96. The SMILES string of the molecule is COC(=O)c1cn(C2CC2)c2cc(N3CCN(CCCOc4cccc5c4B(O)OC5CN)CC3)c(F)cc2c1=O.O=C(O)c1cn(C2CC2)c2cc(N3CCN(CCCOc4cccc5c4B(O)OC5)CC3)c(F)cc2c1=O. The number of aromatic carboxylic acids is 1. The number of esters is 1. The number of fused-ring (bicyclic) bond motifs is 4. The van der Waals surface area contributed by atoms with Gasteiger partial charge in [0.1, 0.15) is 34.3 Å². The van der Waals surface area contributed by atoms with Gasteiger partial charge in [-0.05, 0) is 86.1 Å². The van der Waals surface area contributed by atoms with Crippen molar-refractivity contribution in [1.29, 1.82) is 0 Å². The molecule has 2 saturated heterocycles. The lowest BCUT2D eigenvalue weighted by molar-refractivity contribution is 0.0597. The molecule has 4 aliphatic heterocycles. The Labute approximate surface area is 454 Å². The molecule has 2 saturated carbocycles. The van der Waals surface area contributed by atoms with Gasteiger partial charge in [-0.2, -0.15) is 0 Å². The highest BCUT2D eigenvalue weighted by atomic mass is 19.1. The maximum Gasteiger partial charge on any atom is 0.495 e. The Morgan fingerprint density at radius 1 is 0.696 bits per heavy atom. The van der Waals surface area contributed by atoms with E-state index in [1.165, 1.54) is 25.4 Å². The number of anilines is 2. The van der Waals surface area contributed by atoms with Crippen molar-refractivity contribution >= 4 is 70.3 Å². The average Bonchev–Trinajstić information content (AvgIpc) is 4.60. The molecule has 6 aromatic rings. The monoisotopic (exact) mass is 1090 g/mol. The van der Waals surface area contributed by atoms with Crippen molar-refractivity contribution in [1.82, 2.24) is 18.9 Å². The Morgan fingerprint density at radius 2 is 1.20 bits per heavy atom. The van der Waals surface area contributed by atoms with Crippen LogP contribution < -0.4 is 46.8 Å². The number of carbonyl (C=O) groups excluding carboxylic acids is 1. The van der Waals surface area contributed by atoms with Gasteiger partial charge in [-0.1, -0.05) is 24.3 Å². The molecular formula is C56H63B2F2N7O12. The fourth-order valence-corrected chi connectivity index (χ4v) is 11.4. The highest BCUT2D eigenvalue weighted by Crippen LogP contribution is 2.40. The Morgan fingerprint density at radius 3 is 1.71 bits per heavy atom. The van der Waals surface area contributed by atoms with Gasteiger partial charge in [0.15, 0.2) is 0 Å². The summed E-state index contributed by atoms with van der Waals surface area (Å²) in [7, 11) is -0.744. The number of hydrogen-bond donors (Lipinski definition) is 4. The van der Waals surface area contributed by atoms with Gasteiger partial charge in [0.25, 0.3) is 0 Å². The van der Waals surface area contributed by atoms with Gasteiger partial charge in [0, 0.05) is 118 Å². The summed E-state index contributed by atoms with van der Waals surface area (Å²) in [5.41, 5.74) is 9.52. The summed E-state index contributed by atoms with van der Waals surface area (Å²) in [5.74, 6) is -1.72. The average molecular weight is 1090 g/mol. The second-order valence-corrected chi connectivity index (χ2v) is 21.0. The summed E-state index contributed by atoms with van der Waals surface area (Å²) in [5, 5.41) is 30.1. The zero-order valence-electron chi connectivity index (χ0n) is 44.0. The molecule has 4 fully saturated rings. The van der Waals surface area contributed by atoms with Gasteiger partial charge in [-0.15, -0.1) is 0 Å². The molecule has 1 atom stereocenters. The van der Waals surface area contributed by atoms with Gasteiger partial charge in [-0.25, -0.2) is 18.4 Å². The van der Waals surface area contributed by atoms with Crippen LogP contribution in [0.25, 0.3) is 21.8 Å². The van der Waals surface area contributed by atoms with Crippen LogP contribution in [0.3, 0.4) is 0 Å². The van der Waals surface area contributed by atoms with Crippen LogP contribution in [0.15, 0.2) is 82.6 Å². The van der Waals surface area contributed by atoms with E-state index in [0.717, 1.165) is 88.9 Å². The quantitative estimate of drug-likeness (QED) is 0.0583. The fraction of sp³-hybridized carbons (Fsp3) is 0.429. The molecular weight excluding hydrogens is 1020 g/mol. The molecule has 0 bridgehead atoms. The third kappa shape index (κ3) is 11.2. The van der Waals surface area contributed by atoms with Crippen molar-refractivity contribution < 1.29 is 57.0 Å². The van der Waals surface area contributed by atoms with Gasteiger partial charge in [0.05, 0.1) is 55.4 Å². The lowest BCUT2D eigenvalue weighted by Gasteiger charge is -2.36. The molecule has 6 aliphatic rings. The third-order valence-electron chi connectivity index (χ3n) is 15.9. The number of nitrogens with two attached hydrogens (primary N) is 1. The zero-order valence-corrected chi connectivity index (χ0v) is 44.0. The van der Waals surface area contributed by atoms with Gasteiger partial charge in [0.2, 0.25) is 10.9 Å². The molecule has 79 heavy (non-hydrogen) atoms. The molecule has 2 aliphatic carbocycles. The van der Waals surface area contributed by atoms with Crippen molar-refractivity contribution in [3.63, 3.8) is 0 Å². The second-order valence-electron chi connectivity index (χ2n) is 21.0. The van der Waals surface area contributed by atoms with Crippen molar-refractivity contribution in [3.8, 4) is 11.5 Å². The summed E-state index contributed by atoms with van der Waals surface area (Å²) in [6.45, 7) is 8.96. The van der Waals surface area contributed by atoms with E-state index in [1.54, 1.807) is 18.3 Å². The van der Waals surface area contributed by atoms with Gasteiger partial charge < -0.3 is 63.3 Å². The van der Waals surface area contributed by atoms with E-state index < -0.39 is 48.7 Å². The van der Waals surface area contributed by atoms with E-state index >= 15 is 8.78 Å². The fourth-order valence-electron chi connectivity index (χ4n) is 11.4. The number of benzene rings is 4. The maximum atomic E-state index is 15.4. The van der Waals surface area contributed by atoms with Crippen LogP contribution in [0.2, 0.25) is 0 Å². The van der Waals surface area contributed by atoms with E-state index in [0.29, 0.717) is 97.4 Å². The summed E-state index contributed by atoms with van der Waals surface area (Å²) >= 11 is 0. The second kappa shape index (κ2) is 23.1. The Kier molecular flexibility index (Phi) is 15.8. The number of carboxylic acids is 1. The number of carbonyl (C=O) groups is 2.